The van der Waals surface area contributed by atoms with Crippen molar-refractivity contribution in [3.8, 4) is 5.75 Å². The average molecular weight is 789 g/mol. The highest BCUT2D eigenvalue weighted by molar-refractivity contribution is 14.1. The number of carbonyl (C=O) groups is 2. The molecule has 13 heteroatoms. The Morgan fingerprint density at radius 2 is 1.77 bits per heavy atom. The summed E-state index contributed by atoms with van der Waals surface area (Å²) in [5.41, 5.74) is 0.676. The van der Waals surface area contributed by atoms with Gasteiger partial charge in [0.15, 0.2) is 22.5 Å². The largest absolute Gasteiger partial charge is 0.743 e. The van der Waals surface area contributed by atoms with Gasteiger partial charge in [-0.05, 0) is 91.5 Å². The highest BCUT2D eigenvalue weighted by Gasteiger charge is 2.40. The van der Waals surface area contributed by atoms with Crippen molar-refractivity contribution in [1.29, 1.82) is 0 Å². The summed E-state index contributed by atoms with van der Waals surface area (Å²) < 4.78 is 68.9. The Morgan fingerprint density at radius 1 is 1.13 bits per heavy atom. The highest BCUT2D eigenvalue weighted by Crippen LogP contribution is 2.35. The van der Waals surface area contributed by atoms with Gasteiger partial charge in [0.2, 0.25) is 0 Å². The van der Waals surface area contributed by atoms with Crippen molar-refractivity contribution in [1.82, 2.24) is 0 Å². The first-order chi connectivity index (χ1) is 14.3. The predicted molar refractivity (Wildman–Crippen MR) is 131 cm³/mol. The molecule has 0 radical (unpaired) electrons. The number of hydrogen-bond acceptors (Lipinski definition) is 7. The summed E-state index contributed by atoms with van der Waals surface area (Å²) in [6.07, 6.45) is 1.54. The maximum absolute atomic E-state index is 13.3. The summed E-state index contributed by atoms with van der Waals surface area (Å²) in [5.74, 6) is -2.05. The van der Waals surface area contributed by atoms with E-state index in [1.807, 2.05) is 22.6 Å². The molecule has 0 aliphatic heterocycles. The summed E-state index contributed by atoms with van der Waals surface area (Å²) in [7, 11) is -6.01. The van der Waals surface area contributed by atoms with Crippen LogP contribution < -0.4 is 4.74 Å². The lowest BCUT2D eigenvalue weighted by Crippen LogP contribution is -2.35. The summed E-state index contributed by atoms with van der Waals surface area (Å²) in [4.78, 5) is 24.9. The van der Waals surface area contributed by atoms with Gasteiger partial charge in [0, 0.05) is 3.57 Å². The molecular formula is C18H10F2I3O7S-. The van der Waals surface area contributed by atoms with Crippen LogP contribution in [0.3, 0.4) is 0 Å². The number of halogens is 5. The molecule has 7 nitrogen and oxygen atoms in total. The van der Waals surface area contributed by atoms with Crippen molar-refractivity contribution in [3.05, 3.63) is 64.3 Å². The minimum atomic E-state index is -6.01. The van der Waals surface area contributed by atoms with Gasteiger partial charge in [-0.3, -0.25) is 0 Å². The van der Waals surface area contributed by atoms with Crippen LogP contribution in [-0.4, -0.2) is 36.8 Å². The Hall–Kier alpha value is -0.920. The van der Waals surface area contributed by atoms with Crippen LogP contribution in [0.15, 0.2) is 36.9 Å². The number of esters is 2. The van der Waals surface area contributed by atoms with Gasteiger partial charge >= 0.3 is 17.2 Å². The third kappa shape index (κ3) is 6.32. The molecule has 0 unspecified atom stereocenters. The first kappa shape index (κ1) is 26.3. The lowest BCUT2D eigenvalue weighted by atomic mass is 10.1. The second kappa shape index (κ2) is 10.3. The monoisotopic (exact) mass is 789 g/mol. The summed E-state index contributed by atoms with van der Waals surface area (Å²) in [5, 5.41) is -4.78. The van der Waals surface area contributed by atoms with Crippen molar-refractivity contribution < 1.29 is 40.8 Å². The number of hydrogen-bond donors (Lipinski definition) is 0. The molecule has 2 rings (SSSR count). The molecule has 166 valence electrons. The van der Waals surface area contributed by atoms with Crippen LogP contribution in [-0.2, 0) is 14.9 Å². The topological polar surface area (TPSA) is 110 Å². The van der Waals surface area contributed by atoms with Gasteiger partial charge in [0.05, 0.1) is 18.3 Å². The number of alkyl halides is 2. The molecule has 31 heavy (non-hydrogen) atoms. The number of rotatable bonds is 7. The van der Waals surface area contributed by atoms with Gasteiger partial charge in [-0.2, -0.15) is 8.78 Å². The molecule has 0 heterocycles. The zero-order valence-electron chi connectivity index (χ0n) is 15.0. The molecule has 2 aromatic carbocycles. The molecule has 0 N–H and O–H groups in total. The Labute approximate surface area is 216 Å². The maximum atomic E-state index is 13.3. The first-order valence-electron chi connectivity index (χ1n) is 7.91. The second-order valence-electron chi connectivity index (χ2n) is 5.75. The molecule has 0 amide bonds. The van der Waals surface area contributed by atoms with Crippen LogP contribution in [0.25, 0.3) is 6.08 Å². The third-order valence-corrected chi connectivity index (χ3v) is 7.15. The zero-order valence-corrected chi connectivity index (χ0v) is 22.3. The quantitative estimate of drug-likeness (QED) is 0.174. The van der Waals surface area contributed by atoms with Crippen molar-refractivity contribution in [3.63, 3.8) is 0 Å². The van der Waals surface area contributed by atoms with E-state index < -0.39 is 33.9 Å². The van der Waals surface area contributed by atoms with E-state index in [0.29, 0.717) is 9.13 Å². The fraction of sp³-hybridized carbons (Fsp3) is 0.111. The van der Waals surface area contributed by atoms with Crippen molar-refractivity contribution in [2.45, 2.75) is 5.25 Å². The van der Waals surface area contributed by atoms with Crippen molar-refractivity contribution >= 4 is 95.9 Å². The van der Waals surface area contributed by atoms with E-state index in [1.165, 1.54) is 12.1 Å². The molecule has 0 aromatic heterocycles. The van der Waals surface area contributed by atoms with Crippen LogP contribution in [0, 0.1) is 10.7 Å². The van der Waals surface area contributed by atoms with Crippen molar-refractivity contribution in [2.75, 3.05) is 6.61 Å². The fourth-order valence-electron chi connectivity index (χ4n) is 2.09. The normalized spacial score (nSPS) is 11.7. The Kier molecular flexibility index (Phi) is 8.79. The number of carbonyl (C=O) groups excluding carboxylic acids is 2. The Bertz CT molecular complexity index is 1170. The smallest absolute Gasteiger partial charge is 0.367 e. The molecule has 0 spiro atoms. The fourth-order valence-corrected chi connectivity index (χ4v) is 6.33. The van der Waals surface area contributed by atoms with Crippen LogP contribution in [0.1, 0.15) is 26.3 Å². The van der Waals surface area contributed by atoms with Gasteiger partial charge < -0.3 is 14.0 Å². The lowest BCUT2D eigenvalue weighted by molar-refractivity contribution is -0.0101. The van der Waals surface area contributed by atoms with E-state index >= 15 is 0 Å². The van der Waals surface area contributed by atoms with E-state index in [9.17, 15) is 31.3 Å². The first-order valence-corrected chi connectivity index (χ1v) is 12.6. The van der Waals surface area contributed by atoms with Crippen molar-refractivity contribution in [2.24, 2.45) is 0 Å². The molecule has 0 aliphatic rings. The minimum absolute atomic E-state index is 0.00854. The van der Waals surface area contributed by atoms with E-state index in [0.717, 1.165) is 0 Å². The third-order valence-electron chi connectivity index (χ3n) is 3.62. The van der Waals surface area contributed by atoms with Gasteiger partial charge in [-0.15, -0.1) is 0 Å². The molecular weight excluding hydrogens is 779 g/mol. The molecule has 0 fully saturated rings. The maximum Gasteiger partial charge on any atom is 0.367 e. The van der Waals surface area contributed by atoms with Gasteiger partial charge in [0.25, 0.3) is 0 Å². The molecule has 0 bridgehead atoms. The molecule has 0 atom stereocenters. The van der Waals surface area contributed by atoms with E-state index in [1.54, 1.807) is 69.5 Å². The Morgan fingerprint density at radius 3 is 2.35 bits per heavy atom. The van der Waals surface area contributed by atoms with Crippen LogP contribution in [0.2, 0.25) is 0 Å². The predicted octanol–water partition coefficient (Wildman–Crippen LogP) is 4.66. The van der Waals surface area contributed by atoms with E-state index in [4.69, 9.17) is 4.74 Å². The SMILES string of the molecule is C=Cc1cccc(C(=O)Oc2c(I)cc(I)c(C(=O)OCC(F)(F)S(=O)(=O)[O-])c2I)c1. The van der Waals surface area contributed by atoms with Crippen LogP contribution in [0.5, 0.6) is 5.75 Å². The molecule has 0 aliphatic carbocycles. The second-order valence-corrected chi connectivity index (χ2v) is 10.7. The molecule has 2 aromatic rings. The minimum Gasteiger partial charge on any atom is -0.743 e. The molecule has 0 saturated heterocycles. The van der Waals surface area contributed by atoms with Gasteiger partial charge in [-0.25, -0.2) is 18.0 Å². The highest BCUT2D eigenvalue weighted by atomic mass is 127. The summed E-state index contributed by atoms with van der Waals surface area (Å²) >= 11 is 5.29. The van der Waals surface area contributed by atoms with Gasteiger partial charge in [-0.1, -0.05) is 24.8 Å². The average Bonchev–Trinajstić information content (AvgIpc) is 2.68. The molecule has 0 saturated carbocycles. The summed E-state index contributed by atoms with van der Waals surface area (Å²) in [6.45, 7) is 1.67. The standard InChI is InChI=1S/C18H11F2I3O7S/c1-2-9-4-3-5-10(6-9)16(24)30-15-12(22)7-11(21)13(14(15)23)17(25)29-8-18(19,20)31(26,27)28/h2-7H,1,8H2,(H,26,27,28)/p-1. The van der Waals surface area contributed by atoms with Gasteiger partial charge in [0.1, 0.15) is 0 Å². The lowest BCUT2D eigenvalue weighted by Gasteiger charge is -2.20. The zero-order chi connectivity index (χ0) is 23.6. The summed E-state index contributed by atoms with van der Waals surface area (Å²) in [6, 6.07) is 7.87. The van der Waals surface area contributed by atoms with Crippen LogP contribution in [0.4, 0.5) is 8.78 Å². The van der Waals surface area contributed by atoms with E-state index in [2.05, 4.69) is 11.3 Å². The number of ether oxygens (including phenoxy) is 2. The van der Waals surface area contributed by atoms with E-state index in [-0.39, 0.29) is 24.0 Å². The van der Waals surface area contributed by atoms with Crippen LogP contribution >= 0.6 is 67.8 Å². The number of benzene rings is 2. The Balaban J connectivity index is 2.35.